The van der Waals surface area contributed by atoms with Crippen LogP contribution in [0.25, 0.3) is 0 Å². The van der Waals surface area contributed by atoms with Crippen LogP contribution in [0.5, 0.6) is 0 Å². The molecular weight excluding hydrogens is 327 g/mol. The minimum Gasteiger partial charge on any atom is -0.349 e. The van der Waals surface area contributed by atoms with Gasteiger partial charge in [0, 0.05) is 6.20 Å². The molecule has 0 radical (unpaired) electrons. The highest BCUT2D eigenvalue weighted by Crippen LogP contribution is 2.28. The fourth-order valence-electron chi connectivity index (χ4n) is 1.81. The largest absolute Gasteiger partial charge is 0.433 e. The first-order valence-electron chi connectivity index (χ1n) is 6.73. The number of nitrogens with zero attached hydrogens (tertiary/aromatic N) is 2. The van der Waals surface area contributed by atoms with E-state index in [0.717, 1.165) is 29.6 Å². The van der Waals surface area contributed by atoms with Gasteiger partial charge in [0.05, 0.1) is 11.8 Å². The van der Waals surface area contributed by atoms with Crippen molar-refractivity contribution in [1.29, 1.82) is 0 Å². The Balaban J connectivity index is 1.90. The summed E-state index contributed by atoms with van der Waals surface area (Å²) in [6.45, 7) is 1.83. The normalized spacial score (nSPS) is 12.7. The van der Waals surface area contributed by atoms with E-state index < -0.39 is 11.9 Å². The third kappa shape index (κ3) is 5.24. The first-order chi connectivity index (χ1) is 10.9. The lowest BCUT2D eigenvalue weighted by Gasteiger charge is -2.14. The number of hydrogen-bond acceptors (Lipinski definition) is 4. The molecule has 0 saturated carbocycles. The molecular formula is C15H14F3N3OS. The van der Waals surface area contributed by atoms with Gasteiger partial charge >= 0.3 is 6.18 Å². The molecule has 0 unspecified atom stereocenters. The number of rotatable bonds is 5. The Bertz CT molecular complexity index is 665. The number of alkyl halides is 3. The zero-order valence-electron chi connectivity index (χ0n) is 12.2. The van der Waals surface area contributed by atoms with E-state index in [-0.39, 0.29) is 22.9 Å². The number of hydrogen-bond donors (Lipinski definition) is 1. The molecule has 1 atom stereocenters. The predicted molar refractivity (Wildman–Crippen MR) is 80.8 cm³/mol. The maximum absolute atomic E-state index is 12.5. The highest BCUT2D eigenvalue weighted by atomic mass is 32.2. The van der Waals surface area contributed by atoms with E-state index in [1.54, 1.807) is 0 Å². The Morgan fingerprint density at radius 2 is 1.96 bits per heavy atom. The van der Waals surface area contributed by atoms with Gasteiger partial charge in [-0.2, -0.15) is 13.2 Å². The van der Waals surface area contributed by atoms with Gasteiger partial charge in [-0.15, -0.1) is 0 Å². The van der Waals surface area contributed by atoms with Crippen LogP contribution in [-0.2, 0) is 11.0 Å². The molecule has 0 fully saturated rings. The zero-order valence-corrected chi connectivity index (χ0v) is 13.0. The maximum atomic E-state index is 12.5. The molecule has 2 aromatic rings. The molecule has 1 amide bonds. The zero-order chi connectivity index (χ0) is 16.9. The van der Waals surface area contributed by atoms with Crippen LogP contribution in [0.1, 0.15) is 24.2 Å². The van der Waals surface area contributed by atoms with Crippen LogP contribution in [-0.4, -0.2) is 21.6 Å². The van der Waals surface area contributed by atoms with E-state index in [1.807, 2.05) is 37.3 Å². The smallest absolute Gasteiger partial charge is 0.349 e. The van der Waals surface area contributed by atoms with Gasteiger partial charge in [0.2, 0.25) is 5.91 Å². The van der Waals surface area contributed by atoms with Crippen LogP contribution in [0.4, 0.5) is 13.2 Å². The lowest BCUT2D eigenvalue weighted by atomic mass is 10.1. The third-order valence-corrected chi connectivity index (χ3v) is 3.79. The Labute approximate surface area is 135 Å². The Morgan fingerprint density at radius 3 is 2.61 bits per heavy atom. The number of halogens is 3. The molecule has 0 bridgehead atoms. The molecule has 0 spiro atoms. The molecule has 23 heavy (non-hydrogen) atoms. The van der Waals surface area contributed by atoms with Crippen LogP contribution >= 0.6 is 11.8 Å². The number of amides is 1. The summed E-state index contributed by atoms with van der Waals surface area (Å²) >= 11 is 0.862. The number of carbonyl (C=O) groups is 1. The number of aromatic nitrogens is 2. The molecule has 0 aliphatic heterocycles. The third-order valence-electron chi connectivity index (χ3n) is 2.93. The maximum Gasteiger partial charge on any atom is 0.433 e. The van der Waals surface area contributed by atoms with Gasteiger partial charge in [-0.1, -0.05) is 42.1 Å². The van der Waals surface area contributed by atoms with Gasteiger partial charge in [0.25, 0.3) is 0 Å². The fraction of sp³-hybridized carbons (Fsp3) is 0.267. The van der Waals surface area contributed by atoms with Crippen molar-refractivity contribution in [1.82, 2.24) is 15.3 Å². The van der Waals surface area contributed by atoms with Gasteiger partial charge < -0.3 is 5.32 Å². The van der Waals surface area contributed by atoms with Crippen molar-refractivity contribution in [2.24, 2.45) is 0 Å². The monoisotopic (exact) mass is 341 g/mol. The van der Waals surface area contributed by atoms with Crippen LogP contribution in [0.3, 0.4) is 0 Å². The van der Waals surface area contributed by atoms with Gasteiger partial charge in [0.1, 0.15) is 5.69 Å². The van der Waals surface area contributed by atoms with Crippen molar-refractivity contribution >= 4 is 17.7 Å². The summed E-state index contributed by atoms with van der Waals surface area (Å²) in [5, 5.41) is 2.69. The average Bonchev–Trinajstić information content (AvgIpc) is 2.53. The van der Waals surface area contributed by atoms with E-state index in [4.69, 9.17) is 0 Å². The molecule has 1 heterocycles. The number of carbonyl (C=O) groups excluding carboxylic acids is 1. The van der Waals surface area contributed by atoms with Crippen molar-refractivity contribution in [3.8, 4) is 0 Å². The predicted octanol–water partition coefficient (Wildman–Crippen LogP) is 3.46. The average molecular weight is 341 g/mol. The summed E-state index contributed by atoms with van der Waals surface area (Å²) in [6, 6.07) is 9.97. The molecule has 2 rings (SSSR count). The number of thioether (sulfide) groups is 1. The lowest BCUT2D eigenvalue weighted by Crippen LogP contribution is -2.28. The van der Waals surface area contributed by atoms with E-state index in [0.29, 0.717) is 0 Å². The summed E-state index contributed by atoms with van der Waals surface area (Å²) in [5.74, 6) is -0.356. The highest BCUT2D eigenvalue weighted by molar-refractivity contribution is 7.99. The van der Waals surface area contributed by atoms with Crippen LogP contribution < -0.4 is 5.32 Å². The summed E-state index contributed by atoms with van der Waals surface area (Å²) < 4.78 is 37.6. The summed E-state index contributed by atoms with van der Waals surface area (Å²) in [6.07, 6.45) is -3.50. The van der Waals surface area contributed by atoms with Crippen molar-refractivity contribution in [2.45, 2.75) is 24.3 Å². The number of nitrogens with one attached hydrogen (secondary N) is 1. The minimum atomic E-state index is -4.53. The van der Waals surface area contributed by atoms with E-state index in [1.165, 1.54) is 0 Å². The molecule has 1 aromatic heterocycles. The van der Waals surface area contributed by atoms with Crippen molar-refractivity contribution in [2.75, 3.05) is 5.75 Å². The van der Waals surface area contributed by atoms with E-state index in [9.17, 15) is 18.0 Å². The van der Waals surface area contributed by atoms with Crippen LogP contribution in [0.2, 0.25) is 0 Å². The first kappa shape index (κ1) is 17.3. The standard InChI is InChI=1S/C15H14F3N3OS/c1-10(11-5-3-2-4-6-11)20-13(22)9-23-14-19-8-7-12(21-14)15(16,17)18/h2-8,10H,9H2,1H3,(H,20,22)/t10-/m0/s1. The molecule has 122 valence electrons. The molecule has 0 saturated heterocycles. The Kier molecular flexibility index (Phi) is 5.59. The SMILES string of the molecule is C[C@H](NC(=O)CSc1nccc(C(F)(F)F)n1)c1ccccc1. The fourth-order valence-corrected chi connectivity index (χ4v) is 2.45. The second-order valence-corrected chi connectivity index (χ2v) is 5.65. The van der Waals surface area contributed by atoms with Gasteiger partial charge in [-0.05, 0) is 18.6 Å². The summed E-state index contributed by atoms with van der Waals surface area (Å²) in [7, 11) is 0. The van der Waals surface area contributed by atoms with Gasteiger partial charge in [0.15, 0.2) is 5.16 Å². The lowest BCUT2D eigenvalue weighted by molar-refractivity contribution is -0.141. The molecule has 4 nitrogen and oxygen atoms in total. The highest BCUT2D eigenvalue weighted by Gasteiger charge is 2.32. The molecule has 1 aromatic carbocycles. The second kappa shape index (κ2) is 7.45. The van der Waals surface area contributed by atoms with Crippen molar-refractivity contribution in [3.63, 3.8) is 0 Å². The first-order valence-corrected chi connectivity index (χ1v) is 7.72. The Morgan fingerprint density at radius 1 is 1.26 bits per heavy atom. The summed E-state index contributed by atoms with van der Waals surface area (Å²) in [5.41, 5.74) is -0.0748. The quantitative estimate of drug-likeness (QED) is 0.668. The van der Waals surface area contributed by atoms with E-state index in [2.05, 4.69) is 15.3 Å². The van der Waals surface area contributed by atoms with Crippen molar-refractivity contribution < 1.29 is 18.0 Å². The molecule has 0 aliphatic rings. The number of benzene rings is 1. The van der Waals surface area contributed by atoms with Crippen molar-refractivity contribution in [3.05, 3.63) is 53.9 Å². The summed E-state index contributed by atoms with van der Waals surface area (Å²) in [4.78, 5) is 19.0. The topological polar surface area (TPSA) is 54.9 Å². The van der Waals surface area contributed by atoms with Crippen LogP contribution in [0, 0.1) is 0 Å². The Hall–Kier alpha value is -2.09. The van der Waals surface area contributed by atoms with Gasteiger partial charge in [-0.25, -0.2) is 9.97 Å². The molecule has 8 heteroatoms. The van der Waals surface area contributed by atoms with E-state index >= 15 is 0 Å². The molecule has 1 N–H and O–H groups in total. The van der Waals surface area contributed by atoms with Crippen LogP contribution in [0.15, 0.2) is 47.8 Å². The second-order valence-electron chi connectivity index (χ2n) is 4.71. The minimum absolute atomic E-state index is 0.0571. The molecule has 0 aliphatic carbocycles. The van der Waals surface area contributed by atoms with Gasteiger partial charge in [-0.3, -0.25) is 4.79 Å².